The molecule has 2 aliphatic heterocycles. The van der Waals surface area contributed by atoms with Crippen molar-refractivity contribution < 1.29 is 26.3 Å². The molecule has 25 heavy (non-hydrogen) atoms. The van der Waals surface area contributed by atoms with Crippen molar-refractivity contribution in [1.29, 1.82) is 0 Å². The van der Waals surface area contributed by atoms with Crippen LogP contribution < -0.4 is 5.32 Å². The lowest BCUT2D eigenvalue weighted by atomic mass is 10.0. The van der Waals surface area contributed by atoms with Gasteiger partial charge in [-0.1, -0.05) is 6.07 Å². The Kier molecular flexibility index (Phi) is 5.11. The number of halogens is 3. The molecule has 1 N–H and O–H groups in total. The van der Waals surface area contributed by atoms with Crippen LogP contribution in [0.2, 0.25) is 0 Å². The Labute approximate surface area is 145 Å². The molecule has 5 nitrogen and oxygen atoms in total. The van der Waals surface area contributed by atoms with Gasteiger partial charge < -0.3 is 10.1 Å². The summed E-state index contributed by atoms with van der Waals surface area (Å²) in [5, 5.41) is 3.23. The maximum Gasteiger partial charge on any atom is 0.407 e. The van der Waals surface area contributed by atoms with Crippen LogP contribution in [0.3, 0.4) is 0 Å². The van der Waals surface area contributed by atoms with E-state index in [2.05, 4.69) is 5.32 Å². The van der Waals surface area contributed by atoms with Gasteiger partial charge in [0.15, 0.2) is 0 Å². The van der Waals surface area contributed by atoms with E-state index in [0.717, 1.165) is 24.1 Å². The summed E-state index contributed by atoms with van der Waals surface area (Å²) < 4.78 is 71.3. The van der Waals surface area contributed by atoms with Gasteiger partial charge in [-0.15, -0.1) is 0 Å². The van der Waals surface area contributed by atoms with Crippen molar-refractivity contribution >= 4 is 10.0 Å². The summed E-state index contributed by atoms with van der Waals surface area (Å²) in [6.45, 7) is 2.03. The van der Waals surface area contributed by atoms with Crippen LogP contribution in [0.25, 0.3) is 0 Å². The molecule has 0 radical (unpaired) electrons. The van der Waals surface area contributed by atoms with E-state index in [-0.39, 0.29) is 11.4 Å². The fraction of sp³-hybridized carbons (Fsp3) is 0.625. The summed E-state index contributed by atoms with van der Waals surface area (Å²) >= 11 is 0. The number of nitrogens with one attached hydrogen (secondary N) is 1. The van der Waals surface area contributed by atoms with Crippen LogP contribution in [0.1, 0.15) is 24.5 Å². The molecule has 1 aromatic carbocycles. The van der Waals surface area contributed by atoms with Crippen LogP contribution in [-0.2, 0) is 27.7 Å². The van der Waals surface area contributed by atoms with Crippen molar-refractivity contribution in [2.75, 3.05) is 19.7 Å². The van der Waals surface area contributed by atoms with Gasteiger partial charge in [-0.3, -0.25) is 0 Å². The Morgan fingerprint density at radius 3 is 2.76 bits per heavy atom. The Balaban J connectivity index is 1.98. The lowest BCUT2D eigenvalue weighted by Crippen LogP contribution is -2.57. The minimum Gasteiger partial charge on any atom is -0.375 e. The number of sulfonamides is 1. The highest BCUT2D eigenvalue weighted by Crippen LogP contribution is 2.33. The SMILES string of the molecule is CC1CN(S(=O)(=O)c2ccc3c(c2)CCCNC3)C(C(F)(F)F)CO1. The Morgan fingerprint density at radius 1 is 1.28 bits per heavy atom. The first-order valence-electron chi connectivity index (χ1n) is 8.22. The summed E-state index contributed by atoms with van der Waals surface area (Å²) in [5.74, 6) is 0. The molecule has 140 valence electrons. The largest absolute Gasteiger partial charge is 0.407 e. The van der Waals surface area contributed by atoms with Crippen LogP contribution >= 0.6 is 0 Å². The van der Waals surface area contributed by atoms with E-state index in [1.54, 1.807) is 13.0 Å². The molecular weight excluding hydrogens is 357 g/mol. The Morgan fingerprint density at radius 2 is 2.04 bits per heavy atom. The van der Waals surface area contributed by atoms with Crippen LogP contribution in [0, 0.1) is 0 Å². The number of nitrogens with zero attached hydrogens (tertiary/aromatic N) is 1. The van der Waals surface area contributed by atoms with E-state index in [4.69, 9.17) is 4.74 Å². The molecule has 1 aromatic rings. The number of benzene rings is 1. The molecule has 1 fully saturated rings. The standard InChI is InChI=1S/C16H21F3N2O3S/c1-11-9-21(15(10-24-11)16(17,18)19)25(22,23)14-5-4-13-8-20-6-2-3-12(13)7-14/h4-5,7,11,15,20H,2-3,6,8-10H2,1H3. The molecule has 0 bridgehead atoms. The number of fused-ring (bicyclic) bond motifs is 1. The van der Waals surface area contributed by atoms with E-state index in [0.29, 0.717) is 17.3 Å². The topological polar surface area (TPSA) is 58.6 Å². The highest BCUT2D eigenvalue weighted by Gasteiger charge is 2.51. The number of alkyl halides is 3. The molecule has 2 unspecified atom stereocenters. The molecule has 2 atom stereocenters. The van der Waals surface area contributed by atoms with Gasteiger partial charge in [0.2, 0.25) is 10.0 Å². The van der Waals surface area contributed by atoms with Gasteiger partial charge in [0.05, 0.1) is 17.6 Å². The first-order chi connectivity index (χ1) is 11.7. The number of hydrogen-bond acceptors (Lipinski definition) is 4. The third-order valence-corrected chi connectivity index (χ3v) is 6.47. The zero-order chi connectivity index (χ0) is 18.2. The fourth-order valence-corrected chi connectivity index (χ4v) is 4.95. The normalized spacial score (nSPS) is 26.1. The van der Waals surface area contributed by atoms with Crippen LogP contribution in [0.4, 0.5) is 13.2 Å². The summed E-state index contributed by atoms with van der Waals surface area (Å²) in [6, 6.07) is 2.45. The fourth-order valence-electron chi connectivity index (χ4n) is 3.23. The lowest BCUT2D eigenvalue weighted by molar-refractivity contribution is -0.204. The van der Waals surface area contributed by atoms with E-state index < -0.39 is 35.0 Å². The molecule has 0 saturated carbocycles. The summed E-state index contributed by atoms with van der Waals surface area (Å²) in [5.41, 5.74) is 1.86. The minimum atomic E-state index is -4.68. The first kappa shape index (κ1) is 18.6. The molecule has 3 rings (SSSR count). The van der Waals surface area contributed by atoms with Gasteiger partial charge >= 0.3 is 6.18 Å². The van der Waals surface area contributed by atoms with E-state index in [1.807, 2.05) is 0 Å². The summed E-state index contributed by atoms with van der Waals surface area (Å²) in [4.78, 5) is -0.0866. The lowest BCUT2D eigenvalue weighted by Gasteiger charge is -2.38. The highest BCUT2D eigenvalue weighted by molar-refractivity contribution is 7.89. The summed E-state index contributed by atoms with van der Waals surface area (Å²) in [6.07, 6.45) is -3.70. The van der Waals surface area contributed by atoms with Crippen LogP contribution in [0.15, 0.2) is 23.1 Å². The zero-order valence-corrected chi connectivity index (χ0v) is 14.7. The number of ether oxygens (including phenoxy) is 1. The molecule has 0 aromatic heterocycles. The quantitative estimate of drug-likeness (QED) is 0.856. The van der Waals surface area contributed by atoms with Crippen LogP contribution in [0.5, 0.6) is 0 Å². The average molecular weight is 378 g/mol. The molecule has 2 heterocycles. The molecule has 0 spiro atoms. The maximum atomic E-state index is 13.3. The van der Waals surface area contributed by atoms with Crippen LogP contribution in [-0.4, -0.2) is 50.7 Å². The van der Waals surface area contributed by atoms with E-state index >= 15 is 0 Å². The van der Waals surface area contributed by atoms with Crippen molar-refractivity contribution in [2.45, 2.75) is 49.5 Å². The zero-order valence-electron chi connectivity index (χ0n) is 13.8. The predicted molar refractivity (Wildman–Crippen MR) is 85.6 cm³/mol. The molecule has 9 heteroatoms. The first-order valence-corrected chi connectivity index (χ1v) is 9.66. The molecular formula is C16H21F3N2O3S. The van der Waals surface area contributed by atoms with Crippen molar-refractivity contribution in [3.05, 3.63) is 29.3 Å². The monoisotopic (exact) mass is 378 g/mol. The average Bonchev–Trinajstić information content (AvgIpc) is 2.78. The molecule has 1 saturated heterocycles. The third kappa shape index (κ3) is 3.84. The Bertz CT molecular complexity index is 737. The number of morpholine rings is 1. The minimum absolute atomic E-state index is 0.0866. The van der Waals surface area contributed by atoms with Gasteiger partial charge in [-0.05, 0) is 49.6 Å². The van der Waals surface area contributed by atoms with Gasteiger partial charge in [0.1, 0.15) is 6.04 Å². The second-order valence-corrected chi connectivity index (χ2v) is 8.38. The van der Waals surface area contributed by atoms with Crippen molar-refractivity contribution in [3.8, 4) is 0 Å². The van der Waals surface area contributed by atoms with E-state index in [9.17, 15) is 21.6 Å². The van der Waals surface area contributed by atoms with Gasteiger partial charge in [-0.25, -0.2) is 8.42 Å². The Hall–Kier alpha value is -1.16. The van der Waals surface area contributed by atoms with Gasteiger partial charge in [-0.2, -0.15) is 17.5 Å². The second kappa shape index (κ2) is 6.86. The number of hydrogen-bond donors (Lipinski definition) is 1. The molecule has 0 aliphatic carbocycles. The molecule has 0 amide bonds. The third-order valence-electron chi connectivity index (χ3n) is 4.60. The van der Waals surface area contributed by atoms with Gasteiger partial charge in [0.25, 0.3) is 0 Å². The molecule has 2 aliphatic rings. The van der Waals surface area contributed by atoms with Crippen molar-refractivity contribution in [2.24, 2.45) is 0 Å². The van der Waals surface area contributed by atoms with Crippen molar-refractivity contribution in [1.82, 2.24) is 9.62 Å². The van der Waals surface area contributed by atoms with Crippen molar-refractivity contribution in [3.63, 3.8) is 0 Å². The number of aryl methyl sites for hydroxylation is 1. The second-order valence-electron chi connectivity index (χ2n) is 6.49. The predicted octanol–water partition coefficient (Wildman–Crippen LogP) is 2.06. The summed E-state index contributed by atoms with van der Waals surface area (Å²) in [7, 11) is -4.26. The smallest absolute Gasteiger partial charge is 0.375 e. The maximum absolute atomic E-state index is 13.3. The highest BCUT2D eigenvalue weighted by atomic mass is 32.2. The van der Waals surface area contributed by atoms with E-state index in [1.165, 1.54) is 12.1 Å². The van der Waals surface area contributed by atoms with Gasteiger partial charge in [0, 0.05) is 13.1 Å². The number of rotatable bonds is 2.